The van der Waals surface area contributed by atoms with Crippen LogP contribution in [0.15, 0.2) is 71.6 Å². The second-order valence-corrected chi connectivity index (χ2v) is 12.1. The lowest BCUT2D eigenvalue weighted by Crippen LogP contribution is -2.51. The molecule has 0 saturated heterocycles. The van der Waals surface area contributed by atoms with Gasteiger partial charge in [0.15, 0.2) is 11.5 Å². The molecule has 0 heterocycles. The van der Waals surface area contributed by atoms with Gasteiger partial charge in [0, 0.05) is 24.2 Å². The first-order chi connectivity index (χ1) is 20.0. The van der Waals surface area contributed by atoms with Crippen LogP contribution >= 0.6 is 11.6 Å². The molecular formula is C31H38ClN3O6S. The van der Waals surface area contributed by atoms with Crippen molar-refractivity contribution in [2.75, 3.05) is 31.6 Å². The van der Waals surface area contributed by atoms with Gasteiger partial charge in [-0.05, 0) is 62.2 Å². The summed E-state index contributed by atoms with van der Waals surface area (Å²) in [5.74, 6) is -0.283. The molecule has 0 fully saturated rings. The maximum Gasteiger partial charge on any atom is 0.264 e. The lowest BCUT2D eigenvalue weighted by molar-refractivity contribution is -0.139. The highest BCUT2D eigenvalue weighted by molar-refractivity contribution is 7.92. The topological polar surface area (TPSA) is 105 Å². The summed E-state index contributed by atoms with van der Waals surface area (Å²) in [5, 5.41) is 3.29. The second-order valence-electron chi connectivity index (χ2n) is 9.83. The van der Waals surface area contributed by atoms with Crippen LogP contribution in [0.25, 0.3) is 0 Å². The number of halogens is 1. The zero-order valence-electron chi connectivity index (χ0n) is 24.6. The number of sulfonamides is 1. The Bertz CT molecular complexity index is 1460. The number of nitrogens with one attached hydrogen (secondary N) is 1. The number of unbranched alkanes of at least 4 members (excludes halogenated alkanes) is 1. The van der Waals surface area contributed by atoms with Crippen molar-refractivity contribution >= 4 is 39.1 Å². The Morgan fingerprint density at radius 3 is 2.19 bits per heavy atom. The van der Waals surface area contributed by atoms with Crippen molar-refractivity contribution in [1.29, 1.82) is 0 Å². The average Bonchev–Trinajstić information content (AvgIpc) is 2.99. The van der Waals surface area contributed by atoms with Crippen LogP contribution in [0.3, 0.4) is 0 Å². The predicted octanol–water partition coefficient (Wildman–Crippen LogP) is 5.19. The molecule has 1 atom stereocenters. The fourth-order valence-electron chi connectivity index (χ4n) is 4.25. The van der Waals surface area contributed by atoms with Gasteiger partial charge in [-0.3, -0.25) is 13.9 Å². The van der Waals surface area contributed by atoms with Crippen LogP contribution in [0.4, 0.5) is 5.69 Å². The molecule has 0 saturated carbocycles. The van der Waals surface area contributed by atoms with E-state index in [2.05, 4.69) is 5.32 Å². The van der Waals surface area contributed by atoms with Gasteiger partial charge in [0.05, 0.1) is 24.8 Å². The molecule has 3 aromatic rings. The van der Waals surface area contributed by atoms with Gasteiger partial charge in [0.25, 0.3) is 10.0 Å². The van der Waals surface area contributed by atoms with Gasteiger partial charge in [-0.1, -0.05) is 54.8 Å². The first kappa shape index (κ1) is 32.8. The van der Waals surface area contributed by atoms with E-state index in [1.165, 1.54) is 49.5 Å². The van der Waals surface area contributed by atoms with Gasteiger partial charge in [0.2, 0.25) is 11.8 Å². The van der Waals surface area contributed by atoms with E-state index in [1.54, 1.807) is 19.1 Å². The normalized spacial score (nSPS) is 11.9. The molecule has 0 aromatic heterocycles. The van der Waals surface area contributed by atoms with E-state index in [0.717, 1.165) is 28.3 Å². The number of hydrogen-bond donors (Lipinski definition) is 1. The maximum absolute atomic E-state index is 14.1. The number of nitrogens with zero attached hydrogens (tertiary/aromatic N) is 2. The highest BCUT2D eigenvalue weighted by Gasteiger charge is 2.33. The van der Waals surface area contributed by atoms with E-state index in [9.17, 15) is 18.0 Å². The number of methoxy groups -OCH3 is 2. The molecule has 2 amide bonds. The van der Waals surface area contributed by atoms with Gasteiger partial charge in [0.1, 0.15) is 12.6 Å². The lowest BCUT2D eigenvalue weighted by atomic mass is 10.1. The minimum absolute atomic E-state index is 0.0988. The van der Waals surface area contributed by atoms with Crippen molar-refractivity contribution in [2.45, 2.75) is 51.1 Å². The summed E-state index contributed by atoms with van der Waals surface area (Å²) in [6, 6.07) is 17.1. The Labute approximate surface area is 253 Å². The number of rotatable bonds is 14. The SMILES string of the molecule is CCCCNC(=O)C(C)N(Cc1ccc(C)cc1)C(=O)CN(c1ccc(Cl)cc1)S(=O)(=O)c1ccc(OC)c(OC)c1. The summed E-state index contributed by atoms with van der Waals surface area (Å²) in [6.07, 6.45) is 1.71. The molecule has 3 aromatic carbocycles. The highest BCUT2D eigenvalue weighted by Crippen LogP contribution is 2.32. The van der Waals surface area contributed by atoms with E-state index >= 15 is 0 Å². The van der Waals surface area contributed by atoms with Crippen LogP contribution in [0.1, 0.15) is 37.8 Å². The first-order valence-electron chi connectivity index (χ1n) is 13.6. The summed E-state index contributed by atoms with van der Waals surface area (Å²) in [6.45, 7) is 5.66. The molecule has 1 N–H and O–H groups in total. The molecule has 9 nitrogen and oxygen atoms in total. The largest absolute Gasteiger partial charge is 0.493 e. The van der Waals surface area contributed by atoms with E-state index in [-0.39, 0.29) is 28.8 Å². The molecule has 42 heavy (non-hydrogen) atoms. The standard InChI is InChI=1S/C31H38ClN3O6S/c1-6-7-18-33-31(37)23(3)34(20-24-10-8-22(2)9-11-24)30(36)21-35(26-14-12-25(32)13-15-26)42(38,39)27-16-17-28(40-4)29(19-27)41-5/h8-17,19,23H,6-7,18,20-21H2,1-5H3,(H,33,37). The number of benzene rings is 3. The van der Waals surface area contributed by atoms with Crippen molar-refractivity contribution < 1.29 is 27.5 Å². The molecular weight excluding hydrogens is 578 g/mol. The Morgan fingerprint density at radius 1 is 0.952 bits per heavy atom. The second kappa shape index (κ2) is 14.9. The number of ether oxygens (including phenoxy) is 2. The molecule has 0 bridgehead atoms. The molecule has 0 radical (unpaired) electrons. The predicted molar refractivity (Wildman–Crippen MR) is 165 cm³/mol. The highest BCUT2D eigenvalue weighted by atomic mass is 35.5. The maximum atomic E-state index is 14.1. The number of amides is 2. The van der Waals surface area contributed by atoms with Crippen molar-refractivity contribution in [3.63, 3.8) is 0 Å². The Hall–Kier alpha value is -3.76. The van der Waals surface area contributed by atoms with Crippen molar-refractivity contribution in [1.82, 2.24) is 10.2 Å². The smallest absolute Gasteiger partial charge is 0.264 e. The third kappa shape index (κ3) is 8.17. The molecule has 0 aliphatic rings. The van der Waals surface area contributed by atoms with Gasteiger partial charge < -0.3 is 19.7 Å². The molecule has 0 spiro atoms. The Kier molecular flexibility index (Phi) is 11.6. The van der Waals surface area contributed by atoms with Crippen molar-refractivity contribution in [3.8, 4) is 11.5 Å². The average molecular weight is 616 g/mol. The fourth-order valence-corrected chi connectivity index (χ4v) is 5.81. The molecule has 1 unspecified atom stereocenters. The van der Waals surface area contributed by atoms with Gasteiger partial charge in [-0.15, -0.1) is 0 Å². The fraction of sp³-hybridized carbons (Fsp3) is 0.355. The Morgan fingerprint density at radius 2 is 1.60 bits per heavy atom. The third-order valence-electron chi connectivity index (χ3n) is 6.81. The third-order valence-corrected chi connectivity index (χ3v) is 8.83. The first-order valence-corrected chi connectivity index (χ1v) is 15.5. The summed E-state index contributed by atoms with van der Waals surface area (Å²) in [4.78, 5) is 28.4. The van der Waals surface area contributed by atoms with Crippen LogP contribution in [-0.4, -0.2) is 58.5 Å². The van der Waals surface area contributed by atoms with Crippen LogP contribution in [0.5, 0.6) is 11.5 Å². The lowest BCUT2D eigenvalue weighted by Gasteiger charge is -2.32. The Balaban J connectivity index is 2.03. The van der Waals surface area contributed by atoms with Gasteiger partial charge in [-0.25, -0.2) is 8.42 Å². The molecule has 0 aliphatic carbocycles. The number of carbonyl (C=O) groups excluding carboxylic acids is 2. The van der Waals surface area contributed by atoms with Crippen LogP contribution in [-0.2, 0) is 26.2 Å². The van der Waals surface area contributed by atoms with Gasteiger partial charge >= 0.3 is 0 Å². The molecule has 11 heteroatoms. The van der Waals surface area contributed by atoms with Crippen molar-refractivity contribution in [2.24, 2.45) is 0 Å². The minimum Gasteiger partial charge on any atom is -0.493 e. The zero-order valence-corrected chi connectivity index (χ0v) is 26.2. The van der Waals surface area contributed by atoms with E-state index in [4.69, 9.17) is 21.1 Å². The van der Waals surface area contributed by atoms with Crippen molar-refractivity contribution in [3.05, 3.63) is 82.9 Å². The number of carbonyl (C=O) groups is 2. The molecule has 226 valence electrons. The molecule has 0 aliphatic heterocycles. The summed E-state index contributed by atoms with van der Waals surface area (Å²) in [7, 11) is -1.43. The summed E-state index contributed by atoms with van der Waals surface area (Å²) < 4.78 is 39.7. The number of aryl methyl sites for hydroxylation is 1. The summed E-state index contributed by atoms with van der Waals surface area (Å²) >= 11 is 6.09. The quantitative estimate of drug-likeness (QED) is 0.250. The summed E-state index contributed by atoms with van der Waals surface area (Å²) in [5.41, 5.74) is 2.10. The van der Waals surface area contributed by atoms with E-state index in [1.807, 2.05) is 38.1 Å². The van der Waals surface area contributed by atoms with E-state index < -0.39 is 28.5 Å². The van der Waals surface area contributed by atoms with Gasteiger partial charge in [-0.2, -0.15) is 0 Å². The number of anilines is 1. The van der Waals surface area contributed by atoms with Crippen LogP contribution in [0, 0.1) is 6.92 Å². The minimum atomic E-state index is -4.29. The monoisotopic (exact) mass is 615 g/mol. The number of hydrogen-bond acceptors (Lipinski definition) is 6. The van der Waals surface area contributed by atoms with Crippen LogP contribution in [0.2, 0.25) is 5.02 Å². The van der Waals surface area contributed by atoms with Crippen LogP contribution < -0.4 is 19.1 Å². The van der Waals surface area contributed by atoms with E-state index in [0.29, 0.717) is 17.3 Å². The molecule has 3 rings (SSSR count). The zero-order chi connectivity index (χ0) is 30.9.